The minimum atomic E-state index is 0.980. The molecule has 0 bridgehead atoms. The quantitative estimate of drug-likeness (QED) is 0.650. The molecular weight excluding hydrogens is 150 g/mol. The van der Waals surface area contributed by atoms with Gasteiger partial charge in [-0.1, -0.05) is 6.08 Å². The molecule has 1 aromatic rings. The molecule has 0 saturated carbocycles. The van der Waals surface area contributed by atoms with Gasteiger partial charge in [0.15, 0.2) is 0 Å². The Morgan fingerprint density at radius 3 is 3.00 bits per heavy atom. The number of H-pyrrole nitrogens is 1. The first-order valence-corrected chi connectivity index (χ1v) is 4.28. The minimum Gasteiger partial charge on any atom is -0.313 e. The van der Waals surface area contributed by atoms with E-state index in [0.29, 0.717) is 0 Å². The summed E-state index contributed by atoms with van der Waals surface area (Å²) in [6, 6.07) is 0. The number of aromatic nitrogens is 2. The monoisotopic (exact) mass is 163 g/mol. The smallest absolute Gasteiger partial charge is 0.0636 e. The molecule has 64 valence electrons. The topological polar surface area (TPSA) is 40.7 Å². The number of hydrogen-bond acceptors (Lipinski definition) is 2. The molecule has 0 atom stereocenters. The van der Waals surface area contributed by atoms with Crippen molar-refractivity contribution in [2.45, 2.75) is 13.3 Å². The molecule has 0 spiro atoms. The second kappa shape index (κ2) is 3.11. The van der Waals surface area contributed by atoms with Gasteiger partial charge in [-0.05, 0) is 31.0 Å². The Hall–Kier alpha value is -1.09. The summed E-state index contributed by atoms with van der Waals surface area (Å²) >= 11 is 0. The lowest BCUT2D eigenvalue weighted by molar-refractivity contribution is 0.736. The van der Waals surface area contributed by atoms with Crippen molar-refractivity contribution in [1.82, 2.24) is 15.5 Å². The zero-order chi connectivity index (χ0) is 8.39. The van der Waals surface area contributed by atoms with Gasteiger partial charge in [0.1, 0.15) is 0 Å². The molecule has 0 radical (unpaired) electrons. The standard InChI is InChI=1S/C9H13N3/c1-7-6-11-12-9(7)8-2-4-10-5-3-8/h2,6,10H,3-5H2,1H3,(H,11,12). The maximum Gasteiger partial charge on any atom is 0.0636 e. The van der Waals surface area contributed by atoms with E-state index in [1.165, 1.54) is 16.8 Å². The maximum absolute atomic E-state index is 4.01. The van der Waals surface area contributed by atoms with Crippen LogP contribution in [0.4, 0.5) is 0 Å². The lowest BCUT2D eigenvalue weighted by Crippen LogP contribution is -2.20. The predicted octanol–water partition coefficient (Wildman–Crippen LogP) is 1.09. The molecule has 3 heteroatoms. The van der Waals surface area contributed by atoms with Crippen molar-refractivity contribution >= 4 is 5.57 Å². The number of rotatable bonds is 1. The van der Waals surface area contributed by atoms with Crippen LogP contribution in [0, 0.1) is 6.92 Å². The molecule has 0 aromatic carbocycles. The van der Waals surface area contributed by atoms with Gasteiger partial charge in [0.2, 0.25) is 0 Å². The summed E-state index contributed by atoms with van der Waals surface area (Å²) in [5.74, 6) is 0. The maximum atomic E-state index is 4.01. The van der Waals surface area contributed by atoms with Crippen LogP contribution in [0.5, 0.6) is 0 Å². The largest absolute Gasteiger partial charge is 0.313 e. The molecule has 1 aliphatic rings. The predicted molar refractivity (Wildman–Crippen MR) is 48.8 cm³/mol. The third kappa shape index (κ3) is 1.28. The number of hydrogen-bond donors (Lipinski definition) is 2. The van der Waals surface area contributed by atoms with Gasteiger partial charge in [0, 0.05) is 6.54 Å². The van der Waals surface area contributed by atoms with Gasteiger partial charge in [0.05, 0.1) is 11.9 Å². The highest BCUT2D eigenvalue weighted by molar-refractivity contribution is 5.65. The van der Waals surface area contributed by atoms with Gasteiger partial charge < -0.3 is 5.32 Å². The number of nitrogens with zero attached hydrogens (tertiary/aromatic N) is 1. The van der Waals surface area contributed by atoms with Gasteiger partial charge in [0.25, 0.3) is 0 Å². The normalized spacial score (nSPS) is 17.6. The van der Waals surface area contributed by atoms with Gasteiger partial charge >= 0.3 is 0 Å². The van der Waals surface area contributed by atoms with E-state index in [9.17, 15) is 0 Å². The van der Waals surface area contributed by atoms with Crippen molar-refractivity contribution in [2.75, 3.05) is 13.1 Å². The zero-order valence-corrected chi connectivity index (χ0v) is 7.22. The summed E-state index contributed by atoms with van der Waals surface area (Å²) in [6.45, 7) is 4.14. The number of aryl methyl sites for hydroxylation is 1. The van der Waals surface area contributed by atoms with E-state index in [0.717, 1.165) is 19.5 Å². The Labute approximate surface area is 71.9 Å². The van der Waals surface area contributed by atoms with E-state index in [1.54, 1.807) is 0 Å². The Morgan fingerprint density at radius 2 is 2.42 bits per heavy atom. The molecule has 2 rings (SSSR count). The molecule has 2 N–H and O–H groups in total. The van der Waals surface area contributed by atoms with Crippen molar-refractivity contribution in [1.29, 1.82) is 0 Å². The highest BCUT2D eigenvalue weighted by Gasteiger charge is 2.08. The van der Waals surface area contributed by atoms with Crippen molar-refractivity contribution in [2.24, 2.45) is 0 Å². The lowest BCUT2D eigenvalue weighted by atomic mass is 10.0. The Bertz CT molecular complexity index is 298. The van der Waals surface area contributed by atoms with E-state index in [4.69, 9.17) is 0 Å². The lowest BCUT2D eigenvalue weighted by Gasteiger charge is -2.12. The second-order valence-corrected chi connectivity index (χ2v) is 3.11. The van der Waals surface area contributed by atoms with Crippen LogP contribution in [-0.4, -0.2) is 23.3 Å². The van der Waals surface area contributed by atoms with Crippen LogP contribution in [0.3, 0.4) is 0 Å². The van der Waals surface area contributed by atoms with Crippen LogP contribution < -0.4 is 5.32 Å². The summed E-state index contributed by atoms with van der Waals surface area (Å²) < 4.78 is 0. The Balaban J connectivity index is 2.29. The first-order chi connectivity index (χ1) is 5.88. The molecule has 0 fully saturated rings. The Kier molecular flexibility index (Phi) is 1.96. The summed E-state index contributed by atoms with van der Waals surface area (Å²) in [4.78, 5) is 0. The van der Waals surface area contributed by atoms with E-state index >= 15 is 0 Å². The van der Waals surface area contributed by atoms with Crippen LogP contribution in [-0.2, 0) is 0 Å². The molecule has 3 nitrogen and oxygen atoms in total. The first-order valence-electron chi connectivity index (χ1n) is 4.28. The third-order valence-corrected chi connectivity index (χ3v) is 2.21. The molecular formula is C9H13N3. The van der Waals surface area contributed by atoms with Crippen LogP contribution in [0.1, 0.15) is 17.7 Å². The molecule has 0 amide bonds. The van der Waals surface area contributed by atoms with Gasteiger partial charge in [-0.25, -0.2) is 0 Å². The van der Waals surface area contributed by atoms with Crippen molar-refractivity contribution in [3.05, 3.63) is 23.5 Å². The SMILES string of the molecule is Cc1cn[nH]c1C1=CCNCC1. The highest BCUT2D eigenvalue weighted by atomic mass is 15.1. The fraction of sp³-hybridized carbons (Fsp3) is 0.444. The Morgan fingerprint density at radius 1 is 1.50 bits per heavy atom. The van der Waals surface area contributed by atoms with Crippen LogP contribution >= 0.6 is 0 Å². The number of nitrogens with one attached hydrogen (secondary N) is 2. The first kappa shape index (κ1) is 7.55. The minimum absolute atomic E-state index is 0.980. The fourth-order valence-electron chi connectivity index (χ4n) is 1.52. The molecule has 2 heterocycles. The van der Waals surface area contributed by atoms with E-state index in [1.807, 2.05) is 6.20 Å². The third-order valence-electron chi connectivity index (χ3n) is 2.21. The van der Waals surface area contributed by atoms with Gasteiger partial charge in [-0.15, -0.1) is 0 Å². The highest BCUT2D eigenvalue weighted by Crippen LogP contribution is 2.19. The summed E-state index contributed by atoms with van der Waals surface area (Å²) in [5.41, 5.74) is 3.84. The fourth-order valence-corrected chi connectivity index (χ4v) is 1.52. The van der Waals surface area contributed by atoms with E-state index in [-0.39, 0.29) is 0 Å². The number of aromatic amines is 1. The second-order valence-electron chi connectivity index (χ2n) is 3.11. The summed E-state index contributed by atoms with van der Waals surface area (Å²) in [7, 11) is 0. The van der Waals surface area contributed by atoms with E-state index < -0.39 is 0 Å². The average Bonchev–Trinajstić information content (AvgIpc) is 2.53. The van der Waals surface area contributed by atoms with E-state index in [2.05, 4.69) is 28.5 Å². The molecule has 0 aliphatic carbocycles. The summed E-state index contributed by atoms with van der Waals surface area (Å²) in [6.07, 6.45) is 5.20. The molecule has 0 saturated heterocycles. The van der Waals surface area contributed by atoms with Crippen molar-refractivity contribution in [3.8, 4) is 0 Å². The van der Waals surface area contributed by atoms with Crippen LogP contribution in [0.2, 0.25) is 0 Å². The van der Waals surface area contributed by atoms with Gasteiger partial charge in [-0.2, -0.15) is 5.10 Å². The van der Waals surface area contributed by atoms with Crippen molar-refractivity contribution < 1.29 is 0 Å². The molecule has 1 aliphatic heterocycles. The zero-order valence-electron chi connectivity index (χ0n) is 7.22. The van der Waals surface area contributed by atoms with Gasteiger partial charge in [-0.3, -0.25) is 5.10 Å². The van der Waals surface area contributed by atoms with Crippen molar-refractivity contribution in [3.63, 3.8) is 0 Å². The van der Waals surface area contributed by atoms with Crippen LogP contribution in [0.25, 0.3) is 5.57 Å². The molecule has 0 unspecified atom stereocenters. The molecule has 1 aromatic heterocycles. The molecule has 12 heavy (non-hydrogen) atoms. The van der Waals surface area contributed by atoms with Crippen LogP contribution in [0.15, 0.2) is 12.3 Å². The average molecular weight is 163 g/mol. The summed E-state index contributed by atoms with van der Waals surface area (Å²) in [5, 5.41) is 10.3.